The van der Waals surface area contributed by atoms with Crippen LogP contribution in [0.4, 0.5) is 0 Å². The van der Waals surface area contributed by atoms with E-state index >= 15 is 0 Å². The number of halogens is 1. The van der Waals surface area contributed by atoms with Crippen molar-refractivity contribution in [1.29, 1.82) is 0 Å². The Morgan fingerprint density at radius 2 is 2.00 bits per heavy atom. The normalized spacial score (nSPS) is 14.3. The molecular formula is C14H11BrNO3PS. The van der Waals surface area contributed by atoms with E-state index in [0.717, 1.165) is 26.3 Å². The Morgan fingerprint density at radius 3 is 2.71 bits per heavy atom. The lowest BCUT2D eigenvalue weighted by molar-refractivity contribution is 0.404. The minimum Gasteiger partial charge on any atom is -0.415 e. The highest BCUT2D eigenvalue weighted by Gasteiger charge is 2.17. The van der Waals surface area contributed by atoms with Gasteiger partial charge in [0.05, 0.1) is 5.52 Å². The molecule has 0 amide bonds. The number of fused-ring (bicyclic) bond motifs is 2. The van der Waals surface area contributed by atoms with Crippen molar-refractivity contribution in [2.45, 2.75) is 6.92 Å². The Hall–Kier alpha value is -1.07. The fourth-order valence-corrected chi connectivity index (χ4v) is 3.30. The Labute approximate surface area is 135 Å². The molecule has 1 aromatic heterocycles. The number of hydrogen-bond donors (Lipinski definition) is 2. The number of nitrogens with zero attached hydrogens (tertiary/aromatic N) is 1. The van der Waals surface area contributed by atoms with Crippen LogP contribution in [0.2, 0.25) is 0 Å². The smallest absolute Gasteiger partial charge is 0.415 e. The van der Waals surface area contributed by atoms with Gasteiger partial charge in [0.1, 0.15) is 5.52 Å². The summed E-state index contributed by atoms with van der Waals surface area (Å²) < 4.78 is 17.2. The van der Waals surface area contributed by atoms with Crippen molar-refractivity contribution in [1.82, 2.24) is 4.98 Å². The molecule has 0 saturated heterocycles. The average molecular weight is 384 g/mol. The fraction of sp³-hybridized carbons (Fsp3) is 0.0714. The van der Waals surface area contributed by atoms with Crippen molar-refractivity contribution >= 4 is 56.8 Å². The van der Waals surface area contributed by atoms with Crippen LogP contribution < -0.4 is 4.52 Å². The summed E-state index contributed by atoms with van der Waals surface area (Å²) in [5, 5.41) is 1.81. The van der Waals surface area contributed by atoms with Gasteiger partial charge in [-0.3, -0.25) is 0 Å². The molecule has 7 heteroatoms. The molecule has 108 valence electrons. The highest BCUT2D eigenvalue weighted by molar-refractivity contribution is 9.10. The standard InChI is InChI=1S/C14H11BrNO3PS/c1-8-2-3-9-5-10-6-11(15)7-13(19-20(17,18)21)14(10)16-12(9)4-8/h2-7H,1H3,(H2,17,18,21). The van der Waals surface area contributed by atoms with E-state index in [1.165, 1.54) is 0 Å². The average Bonchev–Trinajstić information content (AvgIpc) is 2.35. The summed E-state index contributed by atoms with van der Waals surface area (Å²) >= 11 is 6.92. The maximum absolute atomic E-state index is 11.4. The van der Waals surface area contributed by atoms with Crippen LogP contribution in [0.3, 0.4) is 0 Å². The van der Waals surface area contributed by atoms with E-state index in [2.05, 4.69) is 33.2 Å². The molecule has 0 fully saturated rings. The first-order chi connectivity index (χ1) is 9.82. The maximum atomic E-state index is 11.4. The highest BCUT2D eigenvalue weighted by Crippen LogP contribution is 2.49. The third-order valence-corrected chi connectivity index (χ3v) is 4.15. The Bertz CT molecular complexity index is 909. The largest absolute Gasteiger partial charge is 0.434 e. The summed E-state index contributed by atoms with van der Waals surface area (Å²) in [6.07, 6.45) is 0. The Morgan fingerprint density at radius 1 is 1.24 bits per heavy atom. The van der Waals surface area contributed by atoms with Gasteiger partial charge in [-0.1, -0.05) is 28.1 Å². The second-order valence-corrected chi connectivity index (χ2v) is 8.34. The molecule has 3 rings (SSSR count). The molecule has 1 unspecified atom stereocenters. The van der Waals surface area contributed by atoms with Crippen LogP contribution in [0.15, 0.2) is 40.9 Å². The molecule has 1 heterocycles. The van der Waals surface area contributed by atoms with Crippen LogP contribution in [0.25, 0.3) is 21.8 Å². The summed E-state index contributed by atoms with van der Waals surface area (Å²) in [4.78, 5) is 13.9. The molecule has 21 heavy (non-hydrogen) atoms. The van der Waals surface area contributed by atoms with Crippen molar-refractivity contribution in [3.8, 4) is 5.75 Å². The van der Waals surface area contributed by atoms with Gasteiger partial charge in [0, 0.05) is 15.2 Å². The lowest BCUT2D eigenvalue weighted by atomic mass is 10.1. The van der Waals surface area contributed by atoms with E-state index in [9.17, 15) is 9.46 Å². The molecule has 0 aliphatic rings. The molecule has 0 bridgehead atoms. The molecule has 0 radical (unpaired) electrons. The van der Waals surface area contributed by atoms with E-state index in [4.69, 9.17) is 4.52 Å². The van der Waals surface area contributed by atoms with E-state index in [0.29, 0.717) is 5.52 Å². The van der Waals surface area contributed by atoms with Gasteiger partial charge >= 0.3 is 6.80 Å². The lowest BCUT2D eigenvalue weighted by Crippen LogP contribution is -1.91. The van der Waals surface area contributed by atoms with Gasteiger partial charge in [-0.15, -0.1) is 0 Å². The van der Waals surface area contributed by atoms with Gasteiger partial charge in [0.15, 0.2) is 5.75 Å². The van der Waals surface area contributed by atoms with Gasteiger partial charge in [-0.25, -0.2) is 9.55 Å². The first kappa shape index (κ1) is 14.9. The van der Waals surface area contributed by atoms with E-state index in [-0.39, 0.29) is 5.75 Å². The summed E-state index contributed by atoms with van der Waals surface area (Å²) in [6, 6.07) is 11.4. The van der Waals surface area contributed by atoms with Gasteiger partial charge in [-0.2, -0.15) is 0 Å². The van der Waals surface area contributed by atoms with E-state index in [1.54, 1.807) is 6.07 Å². The van der Waals surface area contributed by atoms with Gasteiger partial charge in [0.2, 0.25) is 0 Å². The van der Waals surface area contributed by atoms with Crippen LogP contribution in [-0.2, 0) is 4.57 Å². The monoisotopic (exact) mass is 383 g/mol. The zero-order valence-electron chi connectivity index (χ0n) is 10.9. The zero-order chi connectivity index (χ0) is 15.2. The summed E-state index contributed by atoms with van der Waals surface area (Å²) in [5.41, 5.74) is 2.43. The molecule has 1 N–H and O–H groups in total. The fourth-order valence-electron chi connectivity index (χ4n) is 2.18. The quantitative estimate of drug-likeness (QED) is 0.376. The maximum Gasteiger partial charge on any atom is 0.434 e. The number of hydrogen-bond acceptors (Lipinski definition) is 3. The third-order valence-electron chi connectivity index (χ3n) is 3.02. The number of thiol groups is 1. The number of rotatable bonds is 2. The summed E-state index contributed by atoms with van der Waals surface area (Å²) in [5.74, 6) is 0.226. The second kappa shape index (κ2) is 5.29. The van der Waals surface area contributed by atoms with Crippen LogP contribution in [0.1, 0.15) is 5.56 Å². The van der Waals surface area contributed by atoms with Crippen LogP contribution in [-0.4, -0.2) is 9.88 Å². The topological polar surface area (TPSA) is 59.4 Å². The van der Waals surface area contributed by atoms with E-state index < -0.39 is 6.80 Å². The molecule has 3 aromatic rings. The molecule has 1 atom stereocenters. The summed E-state index contributed by atoms with van der Waals surface area (Å²) in [6.45, 7) is -1.96. The van der Waals surface area contributed by atoms with Crippen molar-refractivity contribution in [3.05, 3.63) is 46.4 Å². The molecule has 0 aliphatic carbocycles. The van der Waals surface area contributed by atoms with Crippen molar-refractivity contribution < 1.29 is 14.0 Å². The van der Waals surface area contributed by atoms with Crippen molar-refractivity contribution in [3.63, 3.8) is 0 Å². The molecule has 2 aromatic carbocycles. The highest BCUT2D eigenvalue weighted by atomic mass is 79.9. The molecule has 0 spiro atoms. The number of aromatic nitrogens is 1. The number of benzene rings is 2. The minimum atomic E-state index is -3.95. The first-order valence-electron chi connectivity index (χ1n) is 6.08. The van der Waals surface area contributed by atoms with Crippen LogP contribution in [0, 0.1) is 6.92 Å². The molecule has 0 saturated carbocycles. The lowest BCUT2D eigenvalue weighted by Gasteiger charge is -2.11. The molecule has 4 nitrogen and oxygen atoms in total. The molecular weight excluding hydrogens is 373 g/mol. The molecule has 0 aliphatic heterocycles. The van der Waals surface area contributed by atoms with Crippen LogP contribution in [0.5, 0.6) is 5.75 Å². The predicted molar refractivity (Wildman–Crippen MR) is 91.1 cm³/mol. The SMILES string of the molecule is Cc1ccc2cc3cc(Br)cc(OP(=O)(O)S)c3nc2c1. The van der Waals surface area contributed by atoms with Crippen molar-refractivity contribution in [2.75, 3.05) is 0 Å². The minimum absolute atomic E-state index is 0.226. The Kier molecular flexibility index (Phi) is 3.74. The number of aryl methyl sites for hydroxylation is 1. The van der Waals surface area contributed by atoms with Gasteiger partial charge in [0.25, 0.3) is 0 Å². The first-order valence-corrected chi connectivity index (χ1v) is 9.60. The zero-order valence-corrected chi connectivity index (χ0v) is 14.3. The summed E-state index contributed by atoms with van der Waals surface area (Å²) in [7, 11) is 0. The van der Waals surface area contributed by atoms with Gasteiger partial charge in [-0.05, 0) is 49.0 Å². The third kappa shape index (κ3) is 3.24. The number of pyridine rings is 1. The second-order valence-electron chi connectivity index (χ2n) is 4.74. The van der Waals surface area contributed by atoms with Crippen LogP contribution >= 0.6 is 35.0 Å². The van der Waals surface area contributed by atoms with Crippen molar-refractivity contribution in [2.24, 2.45) is 0 Å². The Balaban J connectivity index is 2.33. The van der Waals surface area contributed by atoms with Gasteiger partial charge < -0.3 is 9.42 Å². The van der Waals surface area contributed by atoms with E-state index in [1.807, 2.05) is 37.3 Å². The predicted octanol–water partition coefficient (Wildman–Crippen LogP) is 4.87.